The first-order chi connectivity index (χ1) is 9.20. The molecule has 6 heteroatoms. The second kappa shape index (κ2) is 5.30. The highest BCUT2D eigenvalue weighted by atomic mass is 79.9. The van der Waals surface area contributed by atoms with Gasteiger partial charge in [-0.3, -0.25) is 0 Å². The van der Waals surface area contributed by atoms with E-state index in [2.05, 4.69) is 26.2 Å². The molecule has 4 nitrogen and oxygen atoms in total. The van der Waals surface area contributed by atoms with Gasteiger partial charge in [0.25, 0.3) is 0 Å². The van der Waals surface area contributed by atoms with Crippen LogP contribution in [0.2, 0.25) is 0 Å². The Morgan fingerprint density at radius 3 is 3.11 bits per heavy atom. The first kappa shape index (κ1) is 12.6. The van der Waals surface area contributed by atoms with Crippen molar-refractivity contribution < 1.29 is 13.5 Å². The van der Waals surface area contributed by atoms with Gasteiger partial charge in [-0.1, -0.05) is 0 Å². The quantitative estimate of drug-likeness (QED) is 0.911. The molecule has 0 saturated heterocycles. The lowest BCUT2D eigenvalue weighted by molar-refractivity contribution is 0.328. The molecule has 19 heavy (non-hydrogen) atoms. The summed E-state index contributed by atoms with van der Waals surface area (Å²) in [5.41, 5.74) is 0.773. The summed E-state index contributed by atoms with van der Waals surface area (Å²) in [7, 11) is 0. The number of nitrogens with one attached hydrogen (secondary N) is 1. The number of hydrogen-bond donors (Lipinski definition) is 1. The van der Waals surface area contributed by atoms with Gasteiger partial charge < -0.3 is 14.5 Å². The van der Waals surface area contributed by atoms with Gasteiger partial charge in [-0.05, 0) is 40.9 Å². The summed E-state index contributed by atoms with van der Waals surface area (Å²) in [4.78, 5) is 4.18. The summed E-state index contributed by atoms with van der Waals surface area (Å²) in [6, 6.07) is 4.80. The van der Waals surface area contributed by atoms with Crippen molar-refractivity contribution in [3.05, 3.63) is 40.4 Å². The summed E-state index contributed by atoms with van der Waals surface area (Å²) >= 11 is 3.28. The number of oxazole rings is 1. The van der Waals surface area contributed by atoms with Crippen molar-refractivity contribution >= 4 is 15.9 Å². The van der Waals surface area contributed by atoms with E-state index < -0.39 is 0 Å². The first-order valence-corrected chi connectivity index (χ1v) is 6.81. The fourth-order valence-corrected chi connectivity index (χ4v) is 1.93. The largest absolute Gasteiger partial charge is 0.417 e. The molecule has 1 heterocycles. The monoisotopic (exact) mass is 326 g/mol. The molecule has 1 N–H and O–H groups in total. The third-order valence-corrected chi connectivity index (χ3v) is 3.43. The van der Waals surface area contributed by atoms with Crippen LogP contribution in [-0.2, 0) is 6.54 Å². The highest BCUT2D eigenvalue weighted by Gasteiger charge is 2.20. The van der Waals surface area contributed by atoms with Crippen LogP contribution < -0.4 is 10.1 Å². The molecule has 0 spiro atoms. The molecule has 3 rings (SSSR count). The van der Waals surface area contributed by atoms with Crippen LogP contribution in [-0.4, -0.2) is 11.0 Å². The number of rotatable bonds is 5. The number of aromatic nitrogens is 1. The Morgan fingerprint density at radius 1 is 1.47 bits per heavy atom. The van der Waals surface area contributed by atoms with Crippen molar-refractivity contribution in [3.63, 3.8) is 0 Å². The van der Waals surface area contributed by atoms with E-state index in [-0.39, 0.29) is 11.9 Å². The zero-order chi connectivity index (χ0) is 13.2. The van der Waals surface area contributed by atoms with Gasteiger partial charge in [-0.2, -0.15) is 4.98 Å². The standard InChI is InChI=1S/C13H12BrFN2O2/c14-11-4-1-8(15)5-12(11)19-13-17-10(7-18-13)6-16-9-2-3-9/h1,4-5,7,9,16H,2-3,6H2. The van der Waals surface area contributed by atoms with E-state index in [1.807, 2.05) is 0 Å². The van der Waals surface area contributed by atoms with Crippen LogP contribution in [0.15, 0.2) is 33.4 Å². The Kier molecular flexibility index (Phi) is 3.52. The lowest BCUT2D eigenvalue weighted by atomic mass is 10.3. The molecule has 0 radical (unpaired) electrons. The van der Waals surface area contributed by atoms with Crippen LogP contribution in [0.5, 0.6) is 11.8 Å². The Balaban J connectivity index is 1.66. The van der Waals surface area contributed by atoms with Crippen molar-refractivity contribution in [1.82, 2.24) is 10.3 Å². The second-order valence-electron chi connectivity index (χ2n) is 4.44. The first-order valence-electron chi connectivity index (χ1n) is 6.01. The molecule has 0 amide bonds. The maximum Gasteiger partial charge on any atom is 0.399 e. The fourth-order valence-electron chi connectivity index (χ4n) is 1.60. The van der Waals surface area contributed by atoms with Crippen molar-refractivity contribution in [3.8, 4) is 11.8 Å². The zero-order valence-electron chi connectivity index (χ0n) is 10.0. The van der Waals surface area contributed by atoms with Crippen molar-refractivity contribution in [2.45, 2.75) is 25.4 Å². The number of hydrogen-bond acceptors (Lipinski definition) is 4. The molecular weight excluding hydrogens is 315 g/mol. The summed E-state index contributed by atoms with van der Waals surface area (Å²) in [5.74, 6) is -0.0380. The molecule has 1 aromatic carbocycles. The summed E-state index contributed by atoms with van der Waals surface area (Å²) in [6.45, 7) is 0.655. The summed E-state index contributed by atoms with van der Waals surface area (Å²) in [5, 5.41) is 3.32. The van der Waals surface area contributed by atoms with E-state index >= 15 is 0 Å². The second-order valence-corrected chi connectivity index (χ2v) is 5.29. The molecule has 1 aliphatic carbocycles. The highest BCUT2D eigenvalue weighted by Crippen LogP contribution is 2.30. The van der Waals surface area contributed by atoms with Crippen molar-refractivity contribution in [1.29, 1.82) is 0 Å². The van der Waals surface area contributed by atoms with E-state index in [0.717, 1.165) is 5.69 Å². The number of benzene rings is 1. The molecular formula is C13H12BrFN2O2. The molecule has 1 fully saturated rings. The maximum absolute atomic E-state index is 13.1. The van der Waals surface area contributed by atoms with E-state index in [1.54, 1.807) is 6.07 Å². The molecule has 100 valence electrons. The van der Waals surface area contributed by atoms with Gasteiger partial charge in [0.2, 0.25) is 0 Å². The SMILES string of the molecule is Fc1ccc(Br)c(Oc2nc(CNC3CC3)co2)c1. The molecule has 0 aliphatic heterocycles. The summed E-state index contributed by atoms with van der Waals surface area (Å²) in [6.07, 6.45) is 4.09. The Hall–Kier alpha value is -1.40. The van der Waals surface area contributed by atoms with Crippen LogP contribution in [0.3, 0.4) is 0 Å². The average Bonchev–Trinajstić information content (AvgIpc) is 3.12. The van der Waals surface area contributed by atoms with Gasteiger partial charge in [-0.15, -0.1) is 0 Å². The molecule has 2 aromatic rings. The fraction of sp³-hybridized carbons (Fsp3) is 0.308. The predicted molar refractivity (Wildman–Crippen MR) is 70.5 cm³/mol. The highest BCUT2D eigenvalue weighted by molar-refractivity contribution is 9.10. The van der Waals surface area contributed by atoms with E-state index in [0.29, 0.717) is 22.8 Å². The molecule has 0 bridgehead atoms. The van der Waals surface area contributed by atoms with E-state index in [9.17, 15) is 4.39 Å². The van der Waals surface area contributed by atoms with Crippen LogP contribution in [0, 0.1) is 5.82 Å². The van der Waals surface area contributed by atoms with Crippen LogP contribution in [0.4, 0.5) is 4.39 Å². The van der Waals surface area contributed by atoms with Gasteiger partial charge in [0.05, 0.1) is 10.2 Å². The number of nitrogens with zero attached hydrogens (tertiary/aromatic N) is 1. The molecule has 1 saturated carbocycles. The zero-order valence-corrected chi connectivity index (χ0v) is 11.6. The minimum absolute atomic E-state index is 0.110. The minimum atomic E-state index is -0.375. The summed E-state index contributed by atoms with van der Waals surface area (Å²) < 4.78 is 24.4. The Labute approximate surface area is 118 Å². The predicted octanol–water partition coefficient (Wildman–Crippen LogP) is 3.62. The molecule has 1 aromatic heterocycles. The third kappa shape index (κ3) is 3.33. The lowest BCUT2D eigenvalue weighted by Crippen LogP contribution is -2.15. The van der Waals surface area contributed by atoms with Crippen LogP contribution in [0.25, 0.3) is 0 Å². The minimum Gasteiger partial charge on any atom is -0.417 e. The lowest BCUT2D eigenvalue weighted by Gasteiger charge is -2.03. The van der Waals surface area contributed by atoms with Crippen molar-refractivity contribution in [2.75, 3.05) is 0 Å². The Bertz CT molecular complexity index is 584. The number of ether oxygens (including phenoxy) is 1. The topological polar surface area (TPSA) is 47.3 Å². The maximum atomic E-state index is 13.1. The van der Waals surface area contributed by atoms with Gasteiger partial charge in [0.15, 0.2) is 0 Å². The van der Waals surface area contributed by atoms with E-state index in [1.165, 1.54) is 31.2 Å². The van der Waals surface area contributed by atoms with Crippen molar-refractivity contribution in [2.24, 2.45) is 0 Å². The smallest absolute Gasteiger partial charge is 0.399 e. The van der Waals surface area contributed by atoms with Gasteiger partial charge in [-0.25, -0.2) is 4.39 Å². The van der Waals surface area contributed by atoms with Crippen LogP contribution >= 0.6 is 15.9 Å². The number of halogens is 2. The third-order valence-electron chi connectivity index (χ3n) is 2.77. The van der Waals surface area contributed by atoms with Crippen LogP contribution in [0.1, 0.15) is 18.5 Å². The van der Waals surface area contributed by atoms with Gasteiger partial charge in [0, 0.05) is 18.7 Å². The van der Waals surface area contributed by atoms with E-state index in [4.69, 9.17) is 9.15 Å². The Morgan fingerprint density at radius 2 is 2.32 bits per heavy atom. The van der Waals surface area contributed by atoms with Gasteiger partial charge >= 0.3 is 6.08 Å². The molecule has 0 atom stereocenters. The van der Waals surface area contributed by atoms with Gasteiger partial charge in [0.1, 0.15) is 17.8 Å². The molecule has 0 unspecified atom stereocenters. The average molecular weight is 327 g/mol. The normalized spacial score (nSPS) is 14.6. The molecule has 1 aliphatic rings.